The van der Waals surface area contributed by atoms with Crippen LogP contribution >= 0.6 is 0 Å². The van der Waals surface area contributed by atoms with E-state index in [-0.39, 0.29) is 24.4 Å². The van der Waals surface area contributed by atoms with Crippen molar-refractivity contribution in [2.45, 2.75) is 39.7 Å². The van der Waals surface area contributed by atoms with E-state index in [4.69, 9.17) is 4.74 Å². The number of carbonyl (C=O) groups is 1. The van der Waals surface area contributed by atoms with Crippen LogP contribution in [0.5, 0.6) is 5.75 Å². The number of sulfonamides is 1. The maximum Gasteiger partial charge on any atom is 0.241 e. The third-order valence-electron chi connectivity index (χ3n) is 4.82. The van der Waals surface area contributed by atoms with Gasteiger partial charge in [0, 0.05) is 0 Å². The number of aryl methyl sites for hydroxylation is 1. The van der Waals surface area contributed by atoms with Crippen molar-refractivity contribution < 1.29 is 17.9 Å². The van der Waals surface area contributed by atoms with Gasteiger partial charge in [-0.3, -0.25) is 9.10 Å². The van der Waals surface area contributed by atoms with Crippen LogP contribution in [0.4, 0.5) is 5.69 Å². The lowest BCUT2D eigenvalue weighted by molar-refractivity contribution is -0.120. The number of para-hydroxylation sites is 1. The number of anilines is 1. The van der Waals surface area contributed by atoms with Gasteiger partial charge < -0.3 is 10.1 Å². The van der Waals surface area contributed by atoms with E-state index < -0.39 is 10.0 Å². The number of nitrogens with zero attached hydrogens (tertiary/aromatic N) is 1. The Balaban J connectivity index is 2.23. The Morgan fingerprint density at radius 1 is 1.10 bits per heavy atom. The molecule has 158 valence electrons. The lowest BCUT2D eigenvalue weighted by Gasteiger charge is -2.24. The number of nitrogens with one attached hydrogen (secondary N) is 1. The van der Waals surface area contributed by atoms with Gasteiger partial charge in [0.1, 0.15) is 12.3 Å². The van der Waals surface area contributed by atoms with Gasteiger partial charge in [-0.2, -0.15) is 0 Å². The number of hydrogen-bond donors (Lipinski definition) is 1. The molecule has 0 aliphatic heterocycles. The second kappa shape index (κ2) is 9.31. The highest BCUT2D eigenvalue weighted by molar-refractivity contribution is 7.92. The van der Waals surface area contributed by atoms with E-state index in [1.165, 1.54) is 0 Å². The fourth-order valence-corrected chi connectivity index (χ4v) is 4.16. The van der Waals surface area contributed by atoms with Gasteiger partial charge in [0.15, 0.2) is 0 Å². The van der Waals surface area contributed by atoms with Gasteiger partial charge in [-0.25, -0.2) is 8.42 Å². The lowest BCUT2D eigenvalue weighted by atomic mass is 9.93. The van der Waals surface area contributed by atoms with E-state index >= 15 is 0 Å². The highest BCUT2D eigenvalue weighted by Crippen LogP contribution is 2.32. The normalized spacial score (nSPS) is 12.5. The Morgan fingerprint density at radius 2 is 1.72 bits per heavy atom. The molecule has 2 rings (SSSR count). The van der Waals surface area contributed by atoms with Crippen molar-refractivity contribution in [3.8, 4) is 5.75 Å². The van der Waals surface area contributed by atoms with Crippen LogP contribution in [-0.2, 0) is 14.8 Å². The van der Waals surface area contributed by atoms with Crippen molar-refractivity contribution in [2.24, 2.45) is 0 Å². The molecular formula is C22H30N2O4S. The third kappa shape index (κ3) is 5.73. The number of amides is 1. The van der Waals surface area contributed by atoms with E-state index in [0.717, 1.165) is 33.0 Å². The topological polar surface area (TPSA) is 75.7 Å². The van der Waals surface area contributed by atoms with Gasteiger partial charge >= 0.3 is 0 Å². The quantitative estimate of drug-likeness (QED) is 0.708. The molecule has 0 saturated heterocycles. The summed E-state index contributed by atoms with van der Waals surface area (Å²) in [5, 5.41) is 2.93. The number of hydrogen-bond acceptors (Lipinski definition) is 4. The van der Waals surface area contributed by atoms with Gasteiger partial charge in [0.2, 0.25) is 15.9 Å². The molecule has 0 radical (unpaired) electrons. The summed E-state index contributed by atoms with van der Waals surface area (Å²) in [7, 11) is -1.94. The molecule has 7 heteroatoms. The summed E-state index contributed by atoms with van der Waals surface area (Å²) < 4.78 is 31.0. The molecule has 0 bridgehead atoms. The molecule has 1 N–H and O–H groups in total. The van der Waals surface area contributed by atoms with E-state index in [1.54, 1.807) is 37.4 Å². The molecule has 0 aliphatic carbocycles. The van der Waals surface area contributed by atoms with Crippen molar-refractivity contribution in [2.75, 3.05) is 24.2 Å². The molecular weight excluding hydrogens is 388 g/mol. The number of ether oxygens (including phenoxy) is 1. The summed E-state index contributed by atoms with van der Waals surface area (Å²) in [4.78, 5) is 12.7. The van der Waals surface area contributed by atoms with Crippen LogP contribution in [0.2, 0.25) is 0 Å². The Bertz CT molecular complexity index is 956. The zero-order valence-electron chi connectivity index (χ0n) is 17.9. The van der Waals surface area contributed by atoms with Gasteiger partial charge in [0.25, 0.3) is 0 Å². The number of rotatable bonds is 8. The van der Waals surface area contributed by atoms with Crippen LogP contribution in [0.1, 0.15) is 49.4 Å². The molecule has 0 fully saturated rings. The van der Waals surface area contributed by atoms with Crippen molar-refractivity contribution in [1.82, 2.24) is 5.32 Å². The minimum absolute atomic E-state index is 0.269. The van der Waals surface area contributed by atoms with Crippen LogP contribution in [0, 0.1) is 6.92 Å². The molecule has 6 nitrogen and oxygen atoms in total. The molecule has 0 unspecified atom stereocenters. The smallest absolute Gasteiger partial charge is 0.241 e. The van der Waals surface area contributed by atoms with Crippen molar-refractivity contribution in [1.29, 1.82) is 0 Å². The summed E-state index contributed by atoms with van der Waals surface area (Å²) in [6.45, 7) is 7.76. The van der Waals surface area contributed by atoms with Crippen LogP contribution in [0.3, 0.4) is 0 Å². The maximum absolute atomic E-state index is 12.7. The molecule has 0 heterocycles. The molecule has 0 saturated carbocycles. The Morgan fingerprint density at radius 3 is 2.24 bits per heavy atom. The van der Waals surface area contributed by atoms with E-state index in [0.29, 0.717) is 5.69 Å². The van der Waals surface area contributed by atoms with Crippen LogP contribution in [0.15, 0.2) is 42.5 Å². The number of carbonyl (C=O) groups excluding carboxylic acids is 1. The standard InChI is InChI=1S/C22H30N2O4S/c1-15(2)19-13-20(16(3)12-21(19)28-5)17(4)23-22(25)14-24(29(6,26)27)18-10-8-7-9-11-18/h7-13,15,17H,14H2,1-6H3,(H,23,25)/t17-/m1/s1. The lowest BCUT2D eigenvalue weighted by Crippen LogP contribution is -2.41. The van der Waals surface area contributed by atoms with Crippen molar-refractivity contribution >= 4 is 21.6 Å². The van der Waals surface area contributed by atoms with Gasteiger partial charge in [-0.1, -0.05) is 32.0 Å². The zero-order chi connectivity index (χ0) is 21.8. The van der Waals surface area contributed by atoms with Gasteiger partial charge in [0.05, 0.1) is 25.1 Å². The van der Waals surface area contributed by atoms with E-state index in [2.05, 4.69) is 25.2 Å². The first-order valence-electron chi connectivity index (χ1n) is 9.55. The highest BCUT2D eigenvalue weighted by atomic mass is 32.2. The third-order valence-corrected chi connectivity index (χ3v) is 5.96. The Labute approximate surface area is 173 Å². The van der Waals surface area contributed by atoms with E-state index in [1.807, 2.05) is 19.9 Å². The Kier molecular flexibility index (Phi) is 7.30. The Hall–Kier alpha value is -2.54. The molecule has 2 aromatic rings. The highest BCUT2D eigenvalue weighted by Gasteiger charge is 2.22. The molecule has 0 aromatic heterocycles. The summed E-state index contributed by atoms with van der Waals surface area (Å²) in [6, 6.07) is 12.4. The summed E-state index contributed by atoms with van der Waals surface area (Å²) >= 11 is 0. The largest absolute Gasteiger partial charge is 0.496 e. The minimum atomic E-state index is -3.59. The van der Waals surface area contributed by atoms with Gasteiger partial charge in [-0.05, 0) is 60.7 Å². The van der Waals surface area contributed by atoms with Crippen LogP contribution in [-0.4, -0.2) is 34.2 Å². The van der Waals surface area contributed by atoms with Crippen LogP contribution in [0.25, 0.3) is 0 Å². The van der Waals surface area contributed by atoms with Crippen molar-refractivity contribution in [3.63, 3.8) is 0 Å². The fourth-order valence-electron chi connectivity index (χ4n) is 3.30. The summed E-state index contributed by atoms with van der Waals surface area (Å²) in [5.74, 6) is 0.728. The fraction of sp³-hybridized carbons (Fsp3) is 0.409. The monoisotopic (exact) mass is 418 g/mol. The predicted octanol–water partition coefficient (Wildman–Crippen LogP) is 3.77. The zero-order valence-corrected chi connectivity index (χ0v) is 18.7. The van der Waals surface area contributed by atoms with E-state index in [9.17, 15) is 13.2 Å². The average Bonchev–Trinajstić information content (AvgIpc) is 2.65. The molecule has 2 aromatic carbocycles. The van der Waals surface area contributed by atoms with Crippen molar-refractivity contribution in [3.05, 3.63) is 59.2 Å². The average molecular weight is 419 g/mol. The molecule has 1 atom stereocenters. The second-order valence-electron chi connectivity index (χ2n) is 7.50. The van der Waals surface area contributed by atoms with Crippen LogP contribution < -0.4 is 14.4 Å². The minimum Gasteiger partial charge on any atom is -0.496 e. The van der Waals surface area contributed by atoms with Gasteiger partial charge in [-0.15, -0.1) is 0 Å². The first-order valence-corrected chi connectivity index (χ1v) is 11.4. The molecule has 0 spiro atoms. The number of benzene rings is 2. The molecule has 0 aliphatic rings. The predicted molar refractivity (Wildman–Crippen MR) is 117 cm³/mol. The first-order chi connectivity index (χ1) is 13.5. The number of methoxy groups -OCH3 is 1. The SMILES string of the molecule is COc1cc(C)c([C@@H](C)NC(=O)CN(c2ccccc2)S(C)(=O)=O)cc1C(C)C. The second-order valence-corrected chi connectivity index (χ2v) is 9.41. The molecule has 29 heavy (non-hydrogen) atoms. The summed E-state index contributed by atoms with van der Waals surface area (Å²) in [6.07, 6.45) is 1.10. The maximum atomic E-state index is 12.7. The molecule has 1 amide bonds. The first kappa shape index (κ1) is 22.7. The summed E-state index contributed by atoms with van der Waals surface area (Å²) in [5.41, 5.74) is 3.51.